The second kappa shape index (κ2) is 10.7. The number of nitro benzene ring substituents is 1. The molecule has 1 amide bonds. The Labute approximate surface area is 192 Å². The van der Waals surface area contributed by atoms with E-state index in [1.807, 2.05) is 19.9 Å². The largest absolute Gasteiger partial charge is 0.302 e. The third-order valence-corrected chi connectivity index (χ3v) is 6.45. The quantitative estimate of drug-likeness (QED) is 0.338. The molecule has 0 aliphatic heterocycles. The van der Waals surface area contributed by atoms with Gasteiger partial charge in [0.2, 0.25) is 0 Å². The minimum atomic E-state index is -0.467. The van der Waals surface area contributed by atoms with Gasteiger partial charge in [-0.15, -0.1) is 12.4 Å². The standard InChI is InChI=1S/C22H26N4O3S.ClH/c1-5-24(6-2)13-14-25(21(27)17-8-10-18(11-9-17)26(28)29)22-23-20-16(4)15(3)7-12-19(20)30-22;/h7-12H,5-6,13-14H2,1-4H3;1H. The summed E-state index contributed by atoms with van der Waals surface area (Å²) >= 11 is 1.49. The summed E-state index contributed by atoms with van der Waals surface area (Å²) < 4.78 is 1.04. The fraction of sp³-hybridized carbons (Fsp3) is 0.364. The van der Waals surface area contributed by atoms with Crippen LogP contribution < -0.4 is 4.90 Å². The molecule has 0 fully saturated rings. The van der Waals surface area contributed by atoms with E-state index in [1.54, 1.807) is 4.90 Å². The molecule has 0 atom stereocenters. The lowest BCUT2D eigenvalue weighted by atomic mass is 10.1. The van der Waals surface area contributed by atoms with Crippen molar-refractivity contribution in [3.05, 3.63) is 63.2 Å². The molecule has 0 saturated carbocycles. The first-order chi connectivity index (χ1) is 14.3. The normalized spacial score (nSPS) is 10.9. The van der Waals surface area contributed by atoms with E-state index in [2.05, 4.69) is 24.8 Å². The number of carbonyl (C=O) groups is 1. The topological polar surface area (TPSA) is 79.6 Å². The van der Waals surface area contributed by atoms with Crippen molar-refractivity contribution in [2.24, 2.45) is 0 Å². The fourth-order valence-electron chi connectivity index (χ4n) is 3.28. The number of aryl methyl sites for hydroxylation is 2. The zero-order chi connectivity index (χ0) is 21.8. The molecule has 0 unspecified atom stereocenters. The number of non-ortho nitro benzene ring substituents is 1. The summed E-state index contributed by atoms with van der Waals surface area (Å²) in [5.74, 6) is -0.203. The summed E-state index contributed by atoms with van der Waals surface area (Å²) in [6, 6.07) is 9.85. The van der Waals surface area contributed by atoms with E-state index >= 15 is 0 Å². The number of nitro groups is 1. The van der Waals surface area contributed by atoms with Gasteiger partial charge in [0, 0.05) is 30.8 Å². The van der Waals surface area contributed by atoms with Gasteiger partial charge in [-0.25, -0.2) is 4.98 Å². The number of amides is 1. The van der Waals surface area contributed by atoms with Crippen LogP contribution >= 0.6 is 23.7 Å². The molecule has 0 N–H and O–H groups in total. The van der Waals surface area contributed by atoms with Gasteiger partial charge in [0.1, 0.15) is 0 Å². The average Bonchev–Trinajstić information content (AvgIpc) is 3.18. The van der Waals surface area contributed by atoms with Crippen molar-refractivity contribution in [3.8, 4) is 0 Å². The Kier molecular flexibility index (Phi) is 8.50. The lowest BCUT2D eigenvalue weighted by molar-refractivity contribution is -0.384. The molecule has 3 aromatic rings. The van der Waals surface area contributed by atoms with Crippen LogP contribution in [0, 0.1) is 24.0 Å². The number of fused-ring (bicyclic) bond motifs is 1. The number of hydrogen-bond acceptors (Lipinski definition) is 6. The number of halogens is 1. The van der Waals surface area contributed by atoms with E-state index in [4.69, 9.17) is 4.98 Å². The molecule has 0 aliphatic rings. The number of aromatic nitrogens is 1. The van der Waals surface area contributed by atoms with Crippen molar-refractivity contribution in [3.63, 3.8) is 0 Å². The molecule has 31 heavy (non-hydrogen) atoms. The molecule has 7 nitrogen and oxygen atoms in total. The van der Waals surface area contributed by atoms with Crippen LogP contribution in [0.25, 0.3) is 10.2 Å². The van der Waals surface area contributed by atoms with Gasteiger partial charge in [-0.2, -0.15) is 0 Å². The lowest BCUT2D eigenvalue weighted by Gasteiger charge is -2.24. The van der Waals surface area contributed by atoms with Crippen molar-refractivity contribution < 1.29 is 9.72 Å². The van der Waals surface area contributed by atoms with Gasteiger partial charge in [-0.05, 0) is 56.3 Å². The SMILES string of the molecule is CCN(CC)CCN(C(=O)c1ccc([N+](=O)[O-])cc1)c1nc2c(C)c(C)ccc2s1.Cl. The Morgan fingerprint density at radius 3 is 2.29 bits per heavy atom. The average molecular weight is 463 g/mol. The molecule has 0 saturated heterocycles. The van der Waals surface area contributed by atoms with E-state index in [9.17, 15) is 14.9 Å². The molecule has 166 valence electrons. The van der Waals surface area contributed by atoms with Crippen LogP contribution in [0.1, 0.15) is 35.3 Å². The third kappa shape index (κ3) is 5.39. The van der Waals surface area contributed by atoms with E-state index in [0.717, 1.165) is 41.0 Å². The van der Waals surface area contributed by atoms with E-state index in [1.165, 1.54) is 35.6 Å². The second-order valence-electron chi connectivity index (χ2n) is 7.14. The third-order valence-electron chi connectivity index (χ3n) is 5.41. The summed E-state index contributed by atoms with van der Waals surface area (Å²) in [4.78, 5) is 32.6. The summed E-state index contributed by atoms with van der Waals surface area (Å²) in [6.45, 7) is 11.3. The predicted octanol–water partition coefficient (Wildman–Crippen LogP) is 5.23. The number of likely N-dealkylation sites (N-methyl/N-ethyl adjacent to an activating group) is 1. The van der Waals surface area contributed by atoms with Gasteiger partial charge in [0.25, 0.3) is 11.6 Å². The monoisotopic (exact) mass is 462 g/mol. The first-order valence-corrected chi connectivity index (χ1v) is 10.8. The number of hydrogen-bond donors (Lipinski definition) is 0. The Morgan fingerprint density at radius 1 is 1.06 bits per heavy atom. The zero-order valence-electron chi connectivity index (χ0n) is 18.1. The fourth-order valence-corrected chi connectivity index (χ4v) is 4.33. The molecule has 9 heteroatoms. The van der Waals surface area contributed by atoms with Crippen LogP contribution in [0.2, 0.25) is 0 Å². The zero-order valence-corrected chi connectivity index (χ0v) is 19.8. The second-order valence-corrected chi connectivity index (χ2v) is 8.15. The molecule has 3 rings (SSSR count). The Hall–Kier alpha value is -2.55. The highest BCUT2D eigenvalue weighted by molar-refractivity contribution is 7.22. The molecular formula is C22H27ClN4O3S. The maximum Gasteiger partial charge on any atom is 0.269 e. The van der Waals surface area contributed by atoms with Crippen LogP contribution in [-0.2, 0) is 0 Å². The van der Waals surface area contributed by atoms with Gasteiger partial charge >= 0.3 is 0 Å². The van der Waals surface area contributed by atoms with Crippen LogP contribution in [0.5, 0.6) is 0 Å². The highest BCUT2D eigenvalue weighted by atomic mass is 35.5. The highest BCUT2D eigenvalue weighted by Gasteiger charge is 2.23. The van der Waals surface area contributed by atoms with Crippen LogP contribution in [0.15, 0.2) is 36.4 Å². The summed E-state index contributed by atoms with van der Waals surface area (Å²) in [5, 5.41) is 11.6. The number of benzene rings is 2. The van der Waals surface area contributed by atoms with Crippen molar-refractivity contribution in [1.29, 1.82) is 0 Å². The van der Waals surface area contributed by atoms with Gasteiger partial charge in [0.15, 0.2) is 5.13 Å². The molecule has 2 aromatic carbocycles. The summed E-state index contributed by atoms with van der Waals surface area (Å²) in [7, 11) is 0. The number of carbonyl (C=O) groups excluding carboxylic acids is 1. The minimum absolute atomic E-state index is 0. The number of thiazole rings is 1. The van der Waals surface area contributed by atoms with Crippen LogP contribution in [-0.4, -0.2) is 46.9 Å². The van der Waals surface area contributed by atoms with E-state index in [-0.39, 0.29) is 24.0 Å². The molecule has 0 spiro atoms. The van der Waals surface area contributed by atoms with Crippen molar-refractivity contribution in [2.75, 3.05) is 31.1 Å². The van der Waals surface area contributed by atoms with E-state index in [0.29, 0.717) is 17.2 Å². The minimum Gasteiger partial charge on any atom is -0.302 e. The Morgan fingerprint density at radius 2 is 1.71 bits per heavy atom. The molecule has 1 heterocycles. The lowest BCUT2D eigenvalue weighted by Crippen LogP contribution is -2.38. The van der Waals surface area contributed by atoms with Gasteiger partial charge in [-0.1, -0.05) is 31.3 Å². The highest BCUT2D eigenvalue weighted by Crippen LogP contribution is 2.32. The van der Waals surface area contributed by atoms with E-state index < -0.39 is 4.92 Å². The molecule has 0 bridgehead atoms. The molecular weight excluding hydrogens is 436 g/mol. The summed E-state index contributed by atoms with van der Waals surface area (Å²) in [5.41, 5.74) is 3.57. The predicted molar refractivity (Wildman–Crippen MR) is 129 cm³/mol. The van der Waals surface area contributed by atoms with Gasteiger partial charge < -0.3 is 4.90 Å². The number of rotatable bonds is 8. The van der Waals surface area contributed by atoms with Crippen molar-refractivity contribution in [2.45, 2.75) is 27.7 Å². The van der Waals surface area contributed by atoms with Gasteiger partial charge in [-0.3, -0.25) is 19.8 Å². The first kappa shape index (κ1) is 24.7. The Bertz CT molecular complexity index is 1060. The Balaban J connectivity index is 0.00000341. The number of nitrogens with zero attached hydrogens (tertiary/aromatic N) is 4. The maximum atomic E-state index is 13.3. The van der Waals surface area contributed by atoms with Gasteiger partial charge in [0.05, 0.1) is 15.1 Å². The number of anilines is 1. The van der Waals surface area contributed by atoms with Crippen LogP contribution in [0.3, 0.4) is 0 Å². The molecule has 0 radical (unpaired) electrons. The van der Waals surface area contributed by atoms with Crippen molar-refractivity contribution in [1.82, 2.24) is 9.88 Å². The molecule has 0 aliphatic carbocycles. The van der Waals surface area contributed by atoms with Crippen LogP contribution in [0.4, 0.5) is 10.8 Å². The van der Waals surface area contributed by atoms with Crippen molar-refractivity contribution >= 4 is 50.7 Å². The first-order valence-electron chi connectivity index (χ1n) is 10.0. The summed E-state index contributed by atoms with van der Waals surface area (Å²) in [6.07, 6.45) is 0. The molecule has 1 aromatic heterocycles. The maximum absolute atomic E-state index is 13.3. The smallest absolute Gasteiger partial charge is 0.269 e.